The zero-order chi connectivity index (χ0) is 7.56. The lowest BCUT2D eigenvalue weighted by molar-refractivity contribution is -0.0264. The van der Waals surface area contributed by atoms with E-state index in [9.17, 15) is 0 Å². The van der Waals surface area contributed by atoms with E-state index in [2.05, 4.69) is 18.9 Å². The Morgan fingerprint density at radius 2 is 2.30 bits per heavy atom. The van der Waals surface area contributed by atoms with Gasteiger partial charge in [0.25, 0.3) is 0 Å². The minimum Gasteiger partial charge on any atom is -0.361 e. The van der Waals surface area contributed by atoms with Crippen LogP contribution in [0.15, 0.2) is 0 Å². The minimum absolute atomic E-state index is 0.149. The largest absolute Gasteiger partial charge is 0.361 e. The highest BCUT2D eigenvalue weighted by atomic mass is 35.7. The molecule has 0 aromatic heterocycles. The lowest BCUT2D eigenvalue weighted by Gasteiger charge is -2.32. The van der Waals surface area contributed by atoms with Crippen molar-refractivity contribution < 1.29 is 4.74 Å². The monoisotopic (exact) mass is 181 g/mol. The Labute approximate surface area is 70.4 Å². The van der Waals surface area contributed by atoms with Gasteiger partial charge in [-0.05, 0) is 35.6 Å². The summed E-state index contributed by atoms with van der Waals surface area (Å²) in [5.74, 6) is 0. The van der Waals surface area contributed by atoms with Crippen molar-refractivity contribution in [2.75, 3.05) is 20.1 Å². The van der Waals surface area contributed by atoms with Crippen LogP contribution in [0, 0.1) is 0 Å². The summed E-state index contributed by atoms with van der Waals surface area (Å²) in [7, 11) is 8.92. The van der Waals surface area contributed by atoms with E-state index in [1.807, 2.05) is 0 Å². The summed E-state index contributed by atoms with van der Waals surface area (Å²) < 4.78 is 5.50. The molecular formula is C6H12ClNOS. The van der Waals surface area contributed by atoms with E-state index in [1.165, 1.54) is 11.0 Å². The maximum atomic E-state index is 5.58. The van der Waals surface area contributed by atoms with Crippen LogP contribution in [0.5, 0.6) is 0 Å². The summed E-state index contributed by atoms with van der Waals surface area (Å²) in [4.78, 5) is 2.23. The molecule has 2 unspecified atom stereocenters. The molecule has 1 heterocycles. The van der Waals surface area contributed by atoms with E-state index in [1.54, 1.807) is 0 Å². The molecule has 0 bridgehead atoms. The molecule has 0 spiro atoms. The fourth-order valence-corrected chi connectivity index (χ4v) is 2.00. The van der Waals surface area contributed by atoms with Crippen molar-refractivity contribution in [2.24, 2.45) is 0 Å². The van der Waals surface area contributed by atoms with Gasteiger partial charge in [0, 0.05) is 13.1 Å². The molecular weight excluding hydrogens is 170 g/mol. The van der Waals surface area contributed by atoms with Gasteiger partial charge in [0.2, 0.25) is 0 Å². The molecule has 2 atom stereocenters. The topological polar surface area (TPSA) is 12.5 Å². The molecule has 0 aromatic carbocycles. The molecule has 0 N–H and O–H groups in total. The molecule has 2 nitrogen and oxygen atoms in total. The van der Waals surface area contributed by atoms with Crippen molar-refractivity contribution >= 4 is 21.7 Å². The van der Waals surface area contributed by atoms with Gasteiger partial charge in [0.05, 0.1) is 6.10 Å². The molecule has 0 aliphatic carbocycles. The average Bonchev–Trinajstić information content (AvgIpc) is 1.85. The Balaban J connectivity index is 2.35. The quantitative estimate of drug-likeness (QED) is 0.609. The van der Waals surface area contributed by atoms with Gasteiger partial charge in [-0.2, -0.15) is 0 Å². The smallest absolute Gasteiger partial charge is 0.130 e. The summed E-state index contributed by atoms with van der Waals surface area (Å²) in [5, 5.41) is 0. The van der Waals surface area contributed by atoms with Crippen molar-refractivity contribution in [3.05, 3.63) is 0 Å². The van der Waals surface area contributed by atoms with Crippen molar-refractivity contribution in [3.8, 4) is 0 Å². The van der Waals surface area contributed by atoms with Crippen LogP contribution in [0.1, 0.15) is 6.92 Å². The first-order valence-corrected chi connectivity index (χ1v) is 5.04. The number of rotatable bonds is 1. The van der Waals surface area contributed by atoms with Gasteiger partial charge < -0.3 is 9.64 Å². The van der Waals surface area contributed by atoms with E-state index in [0.29, 0.717) is 6.10 Å². The highest BCUT2D eigenvalue weighted by Gasteiger charge is 2.22. The Morgan fingerprint density at radius 3 is 2.80 bits per heavy atom. The second kappa shape index (κ2) is 3.81. The number of halogens is 1. The maximum absolute atomic E-state index is 5.58. The van der Waals surface area contributed by atoms with Crippen LogP contribution in [0.2, 0.25) is 0 Å². The number of ether oxygens (including phenoxy) is 1. The molecule has 60 valence electrons. The summed E-state index contributed by atoms with van der Waals surface area (Å²) in [5.41, 5.74) is 0.149. The molecule has 1 aliphatic rings. The van der Waals surface area contributed by atoms with Crippen LogP contribution in [-0.2, 0) is 4.74 Å². The fourth-order valence-electron chi connectivity index (χ4n) is 1.16. The van der Waals surface area contributed by atoms with Crippen LogP contribution in [0.4, 0.5) is 0 Å². The molecule has 0 radical (unpaired) electrons. The third-order valence-electron chi connectivity index (χ3n) is 1.51. The van der Waals surface area contributed by atoms with E-state index in [4.69, 9.17) is 15.4 Å². The SMILES string of the molecule is CC1CN(C)CC(SCl)O1. The second-order valence-corrected chi connectivity index (χ2v) is 3.93. The molecule has 1 saturated heterocycles. The average molecular weight is 182 g/mol. The molecule has 10 heavy (non-hydrogen) atoms. The van der Waals surface area contributed by atoms with E-state index in [0.717, 1.165) is 13.1 Å². The number of nitrogens with zero attached hydrogens (tertiary/aromatic N) is 1. The Morgan fingerprint density at radius 1 is 1.60 bits per heavy atom. The third-order valence-corrected chi connectivity index (χ3v) is 2.57. The van der Waals surface area contributed by atoms with Gasteiger partial charge in [-0.3, -0.25) is 0 Å². The van der Waals surface area contributed by atoms with Gasteiger partial charge in [-0.15, -0.1) is 0 Å². The van der Waals surface area contributed by atoms with E-state index < -0.39 is 0 Å². The number of hydrogen-bond donors (Lipinski definition) is 0. The predicted octanol–water partition coefficient (Wildman–Crippen LogP) is 1.55. The van der Waals surface area contributed by atoms with Crippen LogP contribution >= 0.6 is 21.7 Å². The van der Waals surface area contributed by atoms with Crippen molar-refractivity contribution in [1.29, 1.82) is 0 Å². The first-order valence-electron chi connectivity index (χ1n) is 3.33. The standard InChI is InChI=1S/C6H12ClNOS/c1-5-3-8(2)4-6(9-5)10-7/h5-6H,3-4H2,1-2H3. The summed E-state index contributed by atoms with van der Waals surface area (Å²) in [6.07, 6.45) is 0.315. The fraction of sp³-hybridized carbons (Fsp3) is 1.00. The van der Waals surface area contributed by atoms with Crippen LogP contribution in [-0.4, -0.2) is 36.6 Å². The summed E-state index contributed by atoms with van der Waals surface area (Å²) >= 11 is 0. The first-order chi connectivity index (χ1) is 4.72. The molecule has 1 rings (SSSR count). The van der Waals surface area contributed by atoms with Crippen molar-refractivity contribution in [2.45, 2.75) is 18.5 Å². The van der Waals surface area contributed by atoms with Crippen LogP contribution < -0.4 is 0 Å². The molecule has 4 heteroatoms. The van der Waals surface area contributed by atoms with Crippen molar-refractivity contribution in [3.63, 3.8) is 0 Å². The molecule has 0 amide bonds. The highest BCUT2D eigenvalue weighted by molar-refractivity contribution is 8.21. The zero-order valence-corrected chi connectivity index (χ0v) is 7.78. The Hall–Kier alpha value is 0.560. The summed E-state index contributed by atoms with van der Waals surface area (Å²) in [6.45, 7) is 4.00. The Kier molecular flexibility index (Phi) is 3.30. The molecule has 0 saturated carbocycles. The zero-order valence-electron chi connectivity index (χ0n) is 6.21. The minimum atomic E-state index is 0.149. The van der Waals surface area contributed by atoms with Crippen LogP contribution in [0.25, 0.3) is 0 Å². The number of likely N-dealkylation sites (N-methyl/N-ethyl adjacent to an activating group) is 1. The number of hydrogen-bond acceptors (Lipinski definition) is 3. The van der Waals surface area contributed by atoms with Crippen LogP contribution in [0.3, 0.4) is 0 Å². The van der Waals surface area contributed by atoms with E-state index in [-0.39, 0.29) is 5.44 Å². The predicted molar refractivity (Wildman–Crippen MR) is 45.3 cm³/mol. The lowest BCUT2D eigenvalue weighted by atomic mass is 10.3. The first kappa shape index (κ1) is 8.65. The number of morpholine rings is 1. The van der Waals surface area contributed by atoms with Gasteiger partial charge >= 0.3 is 0 Å². The molecule has 1 aliphatic heterocycles. The summed E-state index contributed by atoms with van der Waals surface area (Å²) in [6, 6.07) is 0. The maximum Gasteiger partial charge on any atom is 0.130 e. The van der Waals surface area contributed by atoms with Gasteiger partial charge in [0.1, 0.15) is 5.44 Å². The second-order valence-electron chi connectivity index (χ2n) is 2.69. The van der Waals surface area contributed by atoms with Crippen molar-refractivity contribution in [1.82, 2.24) is 4.90 Å². The Bertz CT molecular complexity index is 104. The molecule has 1 fully saturated rings. The normalized spacial score (nSPS) is 36.3. The van der Waals surface area contributed by atoms with Gasteiger partial charge in [0.15, 0.2) is 0 Å². The lowest BCUT2D eigenvalue weighted by Crippen LogP contribution is -2.42. The van der Waals surface area contributed by atoms with Gasteiger partial charge in [-0.1, -0.05) is 0 Å². The van der Waals surface area contributed by atoms with E-state index >= 15 is 0 Å². The molecule has 0 aromatic rings. The third kappa shape index (κ3) is 2.31. The van der Waals surface area contributed by atoms with Gasteiger partial charge in [-0.25, -0.2) is 0 Å². The highest BCUT2D eigenvalue weighted by Crippen LogP contribution is 2.22.